The van der Waals surface area contributed by atoms with Crippen molar-refractivity contribution in [2.45, 2.75) is 19.8 Å². The molecular formula is C10H15Y-. The monoisotopic (exact) mass is 224 g/mol. The van der Waals surface area contributed by atoms with Crippen molar-refractivity contribution in [2.24, 2.45) is 0 Å². The van der Waals surface area contributed by atoms with Gasteiger partial charge in [-0.2, -0.15) is 0 Å². The maximum Gasteiger partial charge on any atom is 0 e. The van der Waals surface area contributed by atoms with E-state index >= 15 is 0 Å². The first-order valence-electron chi connectivity index (χ1n) is 3.35. The summed E-state index contributed by atoms with van der Waals surface area (Å²) in [6.07, 6.45) is 0. The zero-order valence-corrected chi connectivity index (χ0v) is 10.4. The number of hydrogen-bond acceptors (Lipinski definition) is 0. The molecule has 0 heterocycles. The van der Waals surface area contributed by atoms with Crippen molar-refractivity contribution < 1.29 is 32.7 Å². The Balaban J connectivity index is 0. The third-order valence-electron chi connectivity index (χ3n) is 1.47. The predicted molar refractivity (Wildman–Crippen MR) is 46.9 cm³/mol. The Labute approximate surface area is 95.3 Å². The maximum atomic E-state index is 2.20. The van der Waals surface area contributed by atoms with E-state index < -0.39 is 0 Å². The van der Waals surface area contributed by atoms with Gasteiger partial charge in [-0.05, 0) is 11.5 Å². The van der Waals surface area contributed by atoms with Crippen LogP contribution in [-0.4, -0.2) is 0 Å². The van der Waals surface area contributed by atoms with Gasteiger partial charge in [-0.1, -0.05) is 44.2 Å². The molecule has 1 aromatic carbocycles. The largest absolute Gasteiger partial charge is 0.358 e. The second-order valence-corrected chi connectivity index (χ2v) is 2.57. The molecule has 0 bridgehead atoms. The molecule has 0 atom stereocenters. The van der Waals surface area contributed by atoms with Crippen LogP contribution >= 0.6 is 0 Å². The van der Waals surface area contributed by atoms with Crippen LogP contribution in [0.5, 0.6) is 0 Å². The Hall–Kier alpha value is 0.324. The van der Waals surface area contributed by atoms with Gasteiger partial charge >= 0.3 is 0 Å². The van der Waals surface area contributed by atoms with Crippen LogP contribution in [0, 0.1) is 7.43 Å². The fourth-order valence-corrected chi connectivity index (χ4v) is 0.838. The molecule has 0 aromatic heterocycles. The molecule has 0 fully saturated rings. The average Bonchev–Trinajstić information content (AvgIpc) is 1.90. The molecule has 59 valence electrons. The van der Waals surface area contributed by atoms with Gasteiger partial charge in [0.05, 0.1) is 0 Å². The molecule has 0 amide bonds. The average molecular weight is 224 g/mol. The first-order chi connectivity index (χ1) is 4.30. The molecule has 0 unspecified atom stereocenters. The molecule has 11 heavy (non-hydrogen) atoms. The van der Waals surface area contributed by atoms with Crippen LogP contribution in [0.3, 0.4) is 0 Å². The van der Waals surface area contributed by atoms with E-state index in [-0.39, 0.29) is 40.1 Å². The third-order valence-corrected chi connectivity index (χ3v) is 1.47. The molecule has 0 aliphatic heterocycles. The number of benzene rings is 1. The van der Waals surface area contributed by atoms with Crippen LogP contribution in [0.2, 0.25) is 0 Å². The van der Waals surface area contributed by atoms with Gasteiger partial charge in [0.1, 0.15) is 0 Å². The van der Waals surface area contributed by atoms with Crippen molar-refractivity contribution in [3.05, 3.63) is 43.3 Å². The summed E-state index contributed by atoms with van der Waals surface area (Å²) in [6.45, 7) is 4.41. The van der Waals surface area contributed by atoms with Gasteiger partial charge in [0.25, 0.3) is 0 Å². The van der Waals surface area contributed by atoms with E-state index in [1.54, 1.807) is 0 Å². The van der Waals surface area contributed by atoms with Gasteiger partial charge in [-0.15, -0.1) is 0 Å². The van der Waals surface area contributed by atoms with Crippen molar-refractivity contribution in [1.82, 2.24) is 0 Å². The standard InChI is InChI=1S/C9H12.CH3.Y/c1-8(2)9-6-4-3-5-7-9;;/h3-8H,1-2H3;1H3;/q;-1;. The molecule has 0 aliphatic carbocycles. The molecule has 1 radical (unpaired) electrons. The Kier molecular flexibility index (Phi) is 8.83. The van der Waals surface area contributed by atoms with Crippen molar-refractivity contribution in [2.75, 3.05) is 0 Å². The van der Waals surface area contributed by atoms with Gasteiger partial charge in [-0.25, -0.2) is 0 Å². The van der Waals surface area contributed by atoms with Gasteiger partial charge in [0.2, 0.25) is 0 Å². The summed E-state index contributed by atoms with van der Waals surface area (Å²) in [4.78, 5) is 0. The van der Waals surface area contributed by atoms with Crippen molar-refractivity contribution >= 4 is 0 Å². The van der Waals surface area contributed by atoms with E-state index in [0.29, 0.717) is 5.92 Å². The van der Waals surface area contributed by atoms with Crippen molar-refractivity contribution in [3.8, 4) is 0 Å². The van der Waals surface area contributed by atoms with Crippen LogP contribution in [0.15, 0.2) is 30.3 Å². The van der Waals surface area contributed by atoms with Gasteiger partial charge < -0.3 is 7.43 Å². The summed E-state index contributed by atoms with van der Waals surface area (Å²) in [5.41, 5.74) is 1.41. The first kappa shape index (κ1) is 13.9. The van der Waals surface area contributed by atoms with Gasteiger partial charge in [-0.3, -0.25) is 0 Å². The predicted octanol–water partition coefficient (Wildman–Crippen LogP) is 3.26. The van der Waals surface area contributed by atoms with E-state index in [0.717, 1.165) is 0 Å². The molecule has 0 aliphatic rings. The summed E-state index contributed by atoms with van der Waals surface area (Å²) in [5.74, 6) is 0.659. The Morgan fingerprint density at radius 2 is 1.45 bits per heavy atom. The minimum Gasteiger partial charge on any atom is -0.358 e. The molecule has 0 spiro atoms. The molecular weight excluding hydrogens is 209 g/mol. The minimum atomic E-state index is 0. The quantitative estimate of drug-likeness (QED) is 0.642. The summed E-state index contributed by atoms with van der Waals surface area (Å²) in [6, 6.07) is 10.5. The first-order valence-corrected chi connectivity index (χ1v) is 3.35. The zero-order valence-electron chi connectivity index (χ0n) is 7.54. The van der Waals surface area contributed by atoms with E-state index in [9.17, 15) is 0 Å². The molecule has 0 saturated carbocycles. The summed E-state index contributed by atoms with van der Waals surface area (Å²) in [5, 5.41) is 0. The molecule has 1 rings (SSSR count). The summed E-state index contributed by atoms with van der Waals surface area (Å²) in [7, 11) is 0. The van der Waals surface area contributed by atoms with E-state index in [1.807, 2.05) is 6.07 Å². The summed E-state index contributed by atoms with van der Waals surface area (Å²) < 4.78 is 0. The molecule has 1 aromatic rings. The molecule has 0 saturated heterocycles. The van der Waals surface area contributed by atoms with Crippen molar-refractivity contribution in [3.63, 3.8) is 0 Å². The van der Waals surface area contributed by atoms with Crippen LogP contribution in [0.1, 0.15) is 25.3 Å². The van der Waals surface area contributed by atoms with Crippen LogP contribution < -0.4 is 0 Å². The number of rotatable bonds is 1. The van der Waals surface area contributed by atoms with Crippen LogP contribution in [0.4, 0.5) is 0 Å². The Bertz CT molecular complexity index is 167. The van der Waals surface area contributed by atoms with E-state index in [4.69, 9.17) is 0 Å². The van der Waals surface area contributed by atoms with E-state index in [1.165, 1.54) is 5.56 Å². The fraction of sp³-hybridized carbons (Fsp3) is 0.300. The van der Waals surface area contributed by atoms with E-state index in [2.05, 4.69) is 38.1 Å². The summed E-state index contributed by atoms with van der Waals surface area (Å²) >= 11 is 0. The smallest absolute Gasteiger partial charge is 0 e. The fourth-order valence-electron chi connectivity index (χ4n) is 0.838. The van der Waals surface area contributed by atoms with Crippen LogP contribution in [-0.2, 0) is 32.7 Å². The Morgan fingerprint density at radius 1 is 1.00 bits per heavy atom. The van der Waals surface area contributed by atoms with Crippen LogP contribution in [0.25, 0.3) is 0 Å². The SMILES string of the molecule is CC(C)c1ccccc1.[CH3-].[Y]. The zero-order chi connectivity index (χ0) is 6.69. The minimum absolute atomic E-state index is 0. The normalized spacial score (nSPS) is 8.27. The van der Waals surface area contributed by atoms with Gasteiger partial charge in [0.15, 0.2) is 0 Å². The number of hydrogen-bond donors (Lipinski definition) is 0. The molecule has 0 N–H and O–H groups in total. The van der Waals surface area contributed by atoms with Gasteiger partial charge in [0, 0.05) is 32.7 Å². The second kappa shape index (κ2) is 7.00. The second-order valence-electron chi connectivity index (χ2n) is 2.57. The Morgan fingerprint density at radius 3 is 1.73 bits per heavy atom. The maximum absolute atomic E-state index is 2.20. The molecule has 1 heteroatoms. The topological polar surface area (TPSA) is 0 Å². The third kappa shape index (κ3) is 4.71. The van der Waals surface area contributed by atoms with Crippen molar-refractivity contribution in [1.29, 1.82) is 0 Å². The molecule has 0 nitrogen and oxygen atoms in total.